The molecule has 0 radical (unpaired) electrons. The van der Waals surface area contributed by atoms with E-state index < -0.39 is 5.41 Å². The zero-order valence-electron chi connectivity index (χ0n) is 28.3. The van der Waals surface area contributed by atoms with Crippen LogP contribution in [-0.2, 0) is 5.41 Å². The maximum absolute atomic E-state index is 9.37. The fraction of sp³-hybridized carbons (Fsp3) is 0.0204. The Bertz CT molecular complexity index is 2550. The Labute approximate surface area is 303 Å². The van der Waals surface area contributed by atoms with Crippen molar-refractivity contribution in [3.63, 3.8) is 0 Å². The summed E-state index contributed by atoms with van der Waals surface area (Å²) in [4.78, 5) is 5.16. The fourth-order valence-corrected chi connectivity index (χ4v) is 7.59. The molecule has 1 aliphatic heterocycles. The number of para-hydroxylation sites is 1. The van der Waals surface area contributed by atoms with E-state index in [1.807, 2.05) is 36.4 Å². The van der Waals surface area contributed by atoms with Crippen LogP contribution < -0.4 is 4.74 Å². The first kappa shape index (κ1) is 31.0. The van der Waals surface area contributed by atoms with Crippen LogP contribution in [0.5, 0.6) is 11.5 Å². The predicted molar refractivity (Wildman–Crippen MR) is 209 cm³/mol. The largest absolute Gasteiger partial charge is 0.457 e. The van der Waals surface area contributed by atoms with Gasteiger partial charge in [-0.3, -0.25) is 0 Å². The van der Waals surface area contributed by atoms with Crippen LogP contribution in [0.3, 0.4) is 0 Å². The molecule has 3 nitrogen and oxygen atoms in total. The first-order valence-electron chi connectivity index (χ1n) is 17.4. The molecule has 0 saturated carbocycles. The van der Waals surface area contributed by atoms with Crippen LogP contribution in [0.2, 0.25) is 0 Å². The molecule has 9 rings (SSSR count). The molecule has 52 heavy (non-hydrogen) atoms. The molecule has 0 unspecified atom stereocenters. The van der Waals surface area contributed by atoms with Gasteiger partial charge in [0.05, 0.1) is 28.4 Å². The lowest BCUT2D eigenvalue weighted by Crippen LogP contribution is -2.34. The molecule has 244 valence electrons. The van der Waals surface area contributed by atoms with Gasteiger partial charge in [0.15, 0.2) is 0 Å². The SMILES string of the molecule is N#Cc1ccc(-c2cc(-c3ccccc3)cc(-c3cccc(-c4ccc5c(c4)Oc4ccccc4C5(c4ccccc4)c4ccccc4)c3)n2)cc1. The van der Waals surface area contributed by atoms with E-state index in [0.717, 1.165) is 67.4 Å². The number of pyridine rings is 1. The van der Waals surface area contributed by atoms with Crippen molar-refractivity contribution in [1.82, 2.24) is 4.98 Å². The van der Waals surface area contributed by atoms with E-state index in [0.29, 0.717) is 5.56 Å². The summed E-state index contributed by atoms with van der Waals surface area (Å²) in [6.45, 7) is 0. The summed E-state index contributed by atoms with van der Waals surface area (Å²) in [5.74, 6) is 1.69. The molecule has 0 atom stereocenters. The van der Waals surface area contributed by atoms with E-state index in [2.05, 4.69) is 164 Å². The summed E-state index contributed by atoms with van der Waals surface area (Å²) >= 11 is 0. The van der Waals surface area contributed by atoms with Crippen LogP contribution in [-0.4, -0.2) is 4.98 Å². The van der Waals surface area contributed by atoms with E-state index in [-0.39, 0.29) is 0 Å². The number of ether oxygens (including phenoxy) is 1. The standard InChI is InChI=1S/C49H32N2O/c50-33-34-23-25-36(26-24-34)45-30-40(35-13-4-1-5-14-35)31-46(51-45)39-16-12-15-37(29-39)38-27-28-44-48(32-38)52-47-22-11-10-21-43(47)49(44,41-17-6-2-7-18-41)42-19-8-3-9-20-42/h1-32H. The number of rotatable bonds is 6. The van der Waals surface area contributed by atoms with Crippen LogP contribution >= 0.6 is 0 Å². The number of hydrogen-bond acceptors (Lipinski definition) is 3. The summed E-state index contributed by atoms with van der Waals surface area (Å²) in [7, 11) is 0. The number of nitriles is 1. The van der Waals surface area contributed by atoms with E-state index in [4.69, 9.17) is 9.72 Å². The molecule has 0 saturated heterocycles. The number of benzene rings is 7. The highest BCUT2D eigenvalue weighted by atomic mass is 16.5. The molecule has 1 aromatic heterocycles. The van der Waals surface area contributed by atoms with Crippen LogP contribution in [0, 0.1) is 11.3 Å². The third-order valence-corrected chi connectivity index (χ3v) is 10.0. The van der Waals surface area contributed by atoms with Crippen molar-refractivity contribution in [1.29, 1.82) is 5.26 Å². The van der Waals surface area contributed by atoms with Crippen molar-refractivity contribution >= 4 is 0 Å². The van der Waals surface area contributed by atoms with Gasteiger partial charge in [-0.25, -0.2) is 4.98 Å². The number of fused-ring (bicyclic) bond motifs is 2. The summed E-state index contributed by atoms with van der Waals surface area (Å²) < 4.78 is 6.77. The van der Waals surface area contributed by atoms with Crippen molar-refractivity contribution in [3.05, 3.63) is 222 Å². The minimum atomic E-state index is -0.559. The van der Waals surface area contributed by atoms with Gasteiger partial charge in [-0.1, -0.05) is 152 Å². The molecule has 0 bridgehead atoms. The quantitative estimate of drug-likeness (QED) is 0.178. The van der Waals surface area contributed by atoms with Gasteiger partial charge in [0.2, 0.25) is 0 Å². The average molecular weight is 665 g/mol. The maximum atomic E-state index is 9.37. The lowest BCUT2D eigenvalue weighted by molar-refractivity contribution is 0.435. The van der Waals surface area contributed by atoms with Crippen LogP contribution in [0.4, 0.5) is 0 Å². The second-order valence-corrected chi connectivity index (χ2v) is 13.1. The maximum Gasteiger partial charge on any atom is 0.132 e. The van der Waals surface area contributed by atoms with Crippen LogP contribution in [0.15, 0.2) is 194 Å². The Kier molecular flexibility index (Phi) is 7.76. The normalized spacial score (nSPS) is 12.5. The van der Waals surface area contributed by atoms with Gasteiger partial charge in [-0.2, -0.15) is 5.26 Å². The Morgan fingerprint density at radius 3 is 1.63 bits per heavy atom. The first-order chi connectivity index (χ1) is 25.7. The lowest BCUT2D eigenvalue weighted by Gasteiger charge is -2.41. The summed E-state index contributed by atoms with van der Waals surface area (Å²) in [6, 6.07) is 69.6. The summed E-state index contributed by atoms with van der Waals surface area (Å²) in [5, 5.41) is 9.37. The zero-order valence-corrected chi connectivity index (χ0v) is 28.3. The molecule has 8 aromatic rings. The van der Waals surface area contributed by atoms with Crippen molar-refractivity contribution in [2.75, 3.05) is 0 Å². The molecule has 0 aliphatic carbocycles. The summed E-state index contributed by atoms with van der Waals surface area (Å²) in [6.07, 6.45) is 0. The van der Waals surface area contributed by atoms with Crippen LogP contribution in [0.25, 0.3) is 44.8 Å². The van der Waals surface area contributed by atoms with Gasteiger partial charge in [0.1, 0.15) is 11.5 Å². The van der Waals surface area contributed by atoms with E-state index in [1.54, 1.807) is 0 Å². The minimum absolute atomic E-state index is 0.559. The van der Waals surface area contributed by atoms with E-state index in [1.165, 1.54) is 11.1 Å². The molecular formula is C49H32N2O. The fourth-order valence-electron chi connectivity index (χ4n) is 7.59. The van der Waals surface area contributed by atoms with E-state index in [9.17, 15) is 5.26 Å². The Balaban J connectivity index is 1.18. The van der Waals surface area contributed by atoms with Crippen LogP contribution in [0.1, 0.15) is 27.8 Å². The summed E-state index contributed by atoms with van der Waals surface area (Å²) in [5.41, 5.74) is 12.7. The van der Waals surface area contributed by atoms with Crippen molar-refractivity contribution in [2.24, 2.45) is 0 Å². The average Bonchev–Trinajstić information content (AvgIpc) is 3.23. The van der Waals surface area contributed by atoms with Gasteiger partial charge < -0.3 is 4.74 Å². The van der Waals surface area contributed by atoms with Crippen molar-refractivity contribution < 1.29 is 4.74 Å². The lowest BCUT2D eigenvalue weighted by atomic mass is 9.63. The number of aromatic nitrogens is 1. The Morgan fingerprint density at radius 1 is 0.404 bits per heavy atom. The van der Waals surface area contributed by atoms with Gasteiger partial charge in [0, 0.05) is 22.3 Å². The molecule has 0 amide bonds. The molecule has 0 N–H and O–H groups in total. The molecular weight excluding hydrogens is 633 g/mol. The highest BCUT2D eigenvalue weighted by molar-refractivity contribution is 5.80. The van der Waals surface area contributed by atoms with Gasteiger partial charge in [-0.05, 0) is 75.8 Å². The highest BCUT2D eigenvalue weighted by Gasteiger charge is 2.45. The smallest absolute Gasteiger partial charge is 0.132 e. The van der Waals surface area contributed by atoms with Gasteiger partial charge in [-0.15, -0.1) is 0 Å². The zero-order chi connectivity index (χ0) is 34.9. The Hall–Kier alpha value is -7.02. The molecule has 7 aromatic carbocycles. The second-order valence-electron chi connectivity index (χ2n) is 13.1. The highest BCUT2D eigenvalue weighted by Crippen LogP contribution is 2.55. The van der Waals surface area contributed by atoms with Crippen molar-refractivity contribution in [3.8, 4) is 62.3 Å². The van der Waals surface area contributed by atoms with E-state index >= 15 is 0 Å². The van der Waals surface area contributed by atoms with Gasteiger partial charge >= 0.3 is 0 Å². The monoisotopic (exact) mass is 664 g/mol. The predicted octanol–water partition coefficient (Wildman–Crippen LogP) is 12.1. The first-order valence-corrected chi connectivity index (χ1v) is 17.4. The third kappa shape index (κ3) is 5.35. The minimum Gasteiger partial charge on any atom is -0.457 e. The number of nitrogens with zero attached hydrogens (tertiary/aromatic N) is 2. The third-order valence-electron chi connectivity index (χ3n) is 10.0. The topological polar surface area (TPSA) is 45.9 Å². The Morgan fingerprint density at radius 2 is 0.942 bits per heavy atom. The molecule has 1 aliphatic rings. The molecule has 2 heterocycles. The molecule has 0 fully saturated rings. The van der Waals surface area contributed by atoms with Crippen molar-refractivity contribution in [2.45, 2.75) is 5.41 Å². The second kappa shape index (κ2) is 13.0. The number of hydrogen-bond donors (Lipinski definition) is 0. The molecule has 0 spiro atoms. The van der Waals surface area contributed by atoms with Gasteiger partial charge in [0.25, 0.3) is 0 Å². The molecule has 3 heteroatoms.